The van der Waals surface area contributed by atoms with Crippen molar-refractivity contribution in [3.05, 3.63) is 89.5 Å². The molecule has 7 nitrogen and oxygen atoms in total. The highest BCUT2D eigenvalue weighted by molar-refractivity contribution is 7.99. The van der Waals surface area contributed by atoms with Crippen LogP contribution in [0.15, 0.2) is 83.1 Å². The summed E-state index contributed by atoms with van der Waals surface area (Å²) in [7, 11) is 1.64. The first-order chi connectivity index (χ1) is 17.8. The Morgan fingerprint density at radius 3 is 2.38 bits per heavy atom. The van der Waals surface area contributed by atoms with Crippen molar-refractivity contribution >= 4 is 23.9 Å². The van der Waals surface area contributed by atoms with Crippen LogP contribution in [0.4, 0.5) is 0 Å². The third-order valence-corrected chi connectivity index (χ3v) is 6.82. The Balaban J connectivity index is 1.56. The van der Waals surface area contributed by atoms with Crippen LogP contribution >= 0.6 is 11.8 Å². The Kier molecular flexibility index (Phi) is 8.08. The van der Waals surface area contributed by atoms with E-state index >= 15 is 0 Å². The maximum Gasteiger partial charge on any atom is 0.250 e. The van der Waals surface area contributed by atoms with Crippen molar-refractivity contribution in [3.63, 3.8) is 0 Å². The number of aryl methyl sites for hydroxylation is 1. The molecule has 1 N–H and O–H groups in total. The van der Waals surface area contributed by atoms with Crippen LogP contribution in [0.1, 0.15) is 37.5 Å². The first kappa shape index (κ1) is 26.2. The largest absolute Gasteiger partial charge is 0.497 e. The average Bonchev–Trinajstić information content (AvgIpc) is 3.32. The van der Waals surface area contributed by atoms with E-state index in [0.717, 1.165) is 28.1 Å². The second-order valence-electron chi connectivity index (χ2n) is 9.61. The molecular weight excluding hydrogens is 482 g/mol. The smallest absolute Gasteiger partial charge is 0.250 e. The summed E-state index contributed by atoms with van der Waals surface area (Å²) in [4.78, 5) is 12.5. The summed E-state index contributed by atoms with van der Waals surface area (Å²) >= 11 is 1.30. The van der Waals surface area contributed by atoms with Crippen LogP contribution in [0.3, 0.4) is 0 Å². The molecule has 0 unspecified atom stereocenters. The molecule has 0 saturated heterocycles. The maximum atomic E-state index is 12.5. The third kappa shape index (κ3) is 6.46. The van der Waals surface area contributed by atoms with Crippen molar-refractivity contribution in [1.82, 2.24) is 20.2 Å². The number of nitrogens with one attached hydrogen (secondary N) is 1. The number of thioether (sulfide) groups is 1. The molecule has 0 aliphatic carbocycles. The lowest BCUT2D eigenvalue weighted by Gasteiger charge is -2.19. The van der Waals surface area contributed by atoms with E-state index in [0.29, 0.717) is 11.0 Å². The van der Waals surface area contributed by atoms with Crippen molar-refractivity contribution in [1.29, 1.82) is 0 Å². The van der Waals surface area contributed by atoms with Gasteiger partial charge in [0.2, 0.25) is 0 Å². The van der Waals surface area contributed by atoms with E-state index in [1.807, 2.05) is 60.0 Å². The molecule has 1 amide bonds. The van der Waals surface area contributed by atoms with Crippen LogP contribution in [-0.2, 0) is 10.2 Å². The number of aromatic nitrogens is 3. The van der Waals surface area contributed by atoms with Crippen LogP contribution in [0.5, 0.6) is 5.75 Å². The molecule has 8 heteroatoms. The van der Waals surface area contributed by atoms with E-state index in [-0.39, 0.29) is 17.1 Å². The predicted octanol–water partition coefficient (Wildman–Crippen LogP) is 5.79. The third-order valence-electron chi connectivity index (χ3n) is 5.89. The second kappa shape index (κ2) is 11.4. The highest BCUT2D eigenvalue weighted by Crippen LogP contribution is 2.30. The van der Waals surface area contributed by atoms with Gasteiger partial charge in [-0.3, -0.25) is 9.36 Å². The monoisotopic (exact) mass is 513 g/mol. The van der Waals surface area contributed by atoms with Gasteiger partial charge in [0.25, 0.3) is 5.91 Å². The molecule has 0 aliphatic rings. The number of amides is 1. The molecular formula is C29H31N5O2S. The van der Waals surface area contributed by atoms with Gasteiger partial charge in [0.1, 0.15) is 5.75 Å². The van der Waals surface area contributed by atoms with Gasteiger partial charge < -0.3 is 4.74 Å². The summed E-state index contributed by atoms with van der Waals surface area (Å²) in [6, 6.07) is 23.9. The van der Waals surface area contributed by atoms with Crippen LogP contribution in [0, 0.1) is 6.92 Å². The van der Waals surface area contributed by atoms with Crippen molar-refractivity contribution < 1.29 is 9.53 Å². The molecule has 37 heavy (non-hydrogen) atoms. The number of rotatable bonds is 8. The van der Waals surface area contributed by atoms with Gasteiger partial charge in [-0.05, 0) is 53.3 Å². The molecule has 3 aromatic carbocycles. The van der Waals surface area contributed by atoms with E-state index in [2.05, 4.69) is 65.8 Å². The van der Waals surface area contributed by atoms with Crippen LogP contribution in [0.25, 0.3) is 17.1 Å². The van der Waals surface area contributed by atoms with E-state index < -0.39 is 0 Å². The van der Waals surface area contributed by atoms with Crippen molar-refractivity contribution in [3.8, 4) is 22.8 Å². The fourth-order valence-electron chi connectivity index (χ4n) is 3.70. The average molecular weight is 514 g/mol. The number of methoxy groups -OCH3 is 1. The predicted molar refractivity (Wildman–Crippen MR) is 150 cm³/mol. The minimum atomic E-state index is -0.227. The number of nitrogens with zero attached hydrogens (tertiary/aromatic N) is 4. The molecule has 0 aliphatic heterocycles. The van der Waals surface area contributed by atoms with Crippen LogP contribution < -0.4 is 10.2 Å². The molecule has 0 fully saturated rings. The quantitative estimate of drug-likeness (QED) is 0.183. The molecule has 0 radical (unpaired) electrons. The number of carbonyl (C=O) groups excluding carboxylic acids is 1. The number of ether oxygens (including phenoxy) is 1. The highest BCUT2D eigenvalue weighted by Gasteiger charge is 2.19. The minimum absolute atomic E-state index is 0.0538. The van der Waals surface area contributed by atoms with E-state index in [1.54, 1.807) is 13.3 Å². The molecule has 1 heterocycles. The fourth-order valence-corrected chi connectivity index (χ4v) is 4.45. The Hall–Kier alpha value is -3.91. The number of hydrogen-bond donors (Lipinski definition) is 1. The molecule has 190 valence electrons. The van der Waals surface area contributed by atoms with Gasteiger partial charge in [-0.15, -0.1) is 10.2 Å². The molecule has 0 atom stereocenters. The summed E-state index contributed by atoms with van der Waals surface area (Å²) in [6.07, 6.45) is 1.65. The lowest BCUT2D eigenvalue weighted by atomic mass is 9.87. The Labute approximate surface area is 222 Å². The summed E-state index contributed by atoms with van der Waals surface area (Å²) in [5.41, 5.74) is 7.75. The van der Waals surface area contributed by atoms with E-state index in [9.17, 15) is 4.79 Å². The van der Waals surface area contributed by atoms with Gasteiger partial charge in [-0.2, -0.15) is 5.10 Å². The zero-order valence-corrected chi connectivity index (χ0v) is 22.5. The topological polar surface area (TPSA) is 81.4 Å². The molecule has 0 saturated carbocycles. The van der Waals surface area contributed by atoms with Crippen LogP contribution in [-0.4, -0.2) is 39.7 Å². The zero-order chi connectivity index (χ0) is 26.4. The molecule has 4 aromatic rings. The van der Waals surface area contributed by atoms with Crippen molar-refractivity contribution in [2.24, 2.45) is 5.10 Å². The lowest BCUT2D eigenvalue weighted by Crippen LogP contribution is -2.20. The van der Waals surface area contributed by atoms with Gasteiger partial charge in [0, 0.05) is 11.3 Å². The maximum absolute atomic E-state index is 12.5. The van der Waals surface area contributed by atoms with Crippen LogP contribution in [0.2, 0.25) is 0 Å². The molecule has 0 spiro atoms. The molecule has 4 rings (SSSR count). The van der Waals surface area contributed by atoms with Gasteiger partial charge in [0.05, 0.1) is 19.1 Å². The summed E-state index contributed by atoms with van der Waals surface area (Å²) in [6.45, 7) is 8.56. The summed E-state index contributed by atoms with van der Waals surface area (Å²) < 4.78 is 7.28. The van der Waals surface area contributed by atoms with E-state index in [1.165, 1.54) is 17.3 Å². The molecule has 1 aromatic heterocycles. The second-order valence-corrected chi connectivity index (χ2v) is 10.5. The lowest BCUT2D eigenvalue weighted by molar-refractivity contribution is -0.118. The number of benzene rings is 3. The Morgan fingerprint density at radius 2 is 1.73 bits per heavy atom. The van der Waals surface area contributed by atoms with Gasteiger partial charge >= 0.3 is 0 Å². The first-order valence-corrected chi connectivity index (χ1v) is 13.0. The molecule has 0 bridgehead atoms. The minimum Gasteiger partial charge on any atom is -0.497 e. The van der Waals surface area contributed by atoms with Crippen molar-refractivity contribution in [2.75, 3.05) is 12.9 Å². The van der Waals surface area contributed by atoms with E-state index in [4.69, 9.17) is 4.74 Å². The Bertz CT molecular complexity index is 1390. The zero-order valence-electron chi connectivity index (χ0n) is 21.7. The SMILES string of the molecule is COc1ccc(-n2c(SCC(=O)NN=Cc3ccccc3C)nnc2-c2ccc(C(C)(C)C)cc2)cc1. The number of hydrazone groups is 1. The fraction of sp³-hybridized carbons (Fsp3) is 0.241. The van der Waals surface area contributed by atoms with Gasteiger partial charge in [-0.25, -0.2) is 5.43 Å². The number of hydrogen-bond acceptors (Lipinski definition) is 6. The standard InChI is InChI=1S/C29H31N5O2S/c1-20-8-6-7-9-22(20)18-30-31-26(35)19-37-28-33-32-27(21-10-12-23(13-11-21)29(2,3)4)34(28)24-14-16-25(36-5)17-15-24/h6-18H,19H2,1-5H3,(H,31,35). The normalized spacial score (nSPS) is 11.6. The highest BCUT2D eigenvalue weighted by atomic mass is 32.2. The first-order valence-electron chi connectivity index (χ1n) is 12.0. The summed E-state index contributed by atoms with van der Waals surface area (Å²) in [5, 5.41) is 13.6. The summed E-state index contributed by atoms with van der Waals surface area (Å²) in [5.74, 6) is 1.37. The number of carbonyl (C=O) groups is 1. The van der Waals surface area contributed by atoms with Gasteiger partial charge in [0.15, 0.2) is 11.0 Å². The van der Waals surface area contributed by atoms with Crippen molar-refractivity contribution in [2.45, 2.75) is 38.3 Å². The van der Waals surface area contributed by atoms with Gasteiger partial charge in [-0.1, -0.05) is 81.1 Å². The Morgan fingerprint density at radius 1 is 1.03 bits per heavy atom.